The largest absolute Gasteiger partial charge is 0.337 e. The fraction of sp³-hybridized carbons (Fsp3) is 0.0455. The van der Waals surface area contributed by atoms with E-state index >= 15 is 0 Å². The van der Waals surface area contributed by atoms with Gasteiger partial charge in [-0.15, -0.1) is 0 Å². The maximum atomic E-state index is 14.4. The monoisotopic (exact) mass is 443 g/mol. The molecule has 0 saturated carbocycles. The summed E-state index contributed by atoms with van der Waals surface area (Å²) >= 11 is 6.10. The zero-order chi connectivity index (χ0) is 22.0. The van der Waals surface area contributed by atoms with E-state index in [4.69, 9.17) is 16.1 Å². The molecule has 1 amide bonds. The molecule has 156 valence electrons. The third-order valence-corrected chi connectivity index (χ3v) is 4.86. The Labute approximate surface area is 179 Å². The number of anilines is 1. The van der Waals surface area contributed by atoms with E-state index < -0.39 is 23.4 Å². The summed E-state index contributed by atoms with van der Waals surface area (Å²) < 4.78 is 46.8. The first-order valence-corrected chi connectivity index (χ1v) is 9.40. The quantitative estimate of drug-likeness (QED) is 0.404. The van der Waals surface area contributed by atoms with Crippen LogP contribution in [-0.4, -0.2) is 16.0 Å². The van der Waals surface area contributed by atoms with Gasteiger partial charge in [0.05, 0.1) is 12.0 Å². The van der Waals surface area contributed by atoms with Gasteiger partial charge in [0, 0.05) is 29.0 Å². The molecular formula is C22H13ClF3N3O2. The normalized spacial score (nSPS) is 10.8. The van der Waals surface area contributed by atoms with Crippen LogP contribution in [0.1, 0.15) is 5.56 Å². The van der Waals surface area contributed by atoms with Gasteiger partial charge in [0.25, 0.3) is 0 Å². The van der Waals surface area contributed by atoms with Crippen LogP contribution in [0.3, 0.4) is 0 Å². The molecule has 0 saturated heterocycles. The summed E-state index contributed by atoms with van der Waals surface area (Å²) in [6.45, 7) is 0. The lowest BCUT2D eigenvalue weighted by Gasteiger charge is -2.08. The van der Waals surface area contributed by atoms with Crippen molar-refractivity contribution < 1.29 is 22.5 Å². The second-order valence-corrected chi connectivity index (χ2v) is 6.94. The molecule has 0 fully saturated rings. The van der Waals surface area contributed by atoms with Crippen molar-refractivity contribution >= 4 is 23.4 Å². The molecule has 0 aliphatic rings. The maximum absolute atomic E-state index is 14.4. The van der Waals surface area contributed by atoms with Gasteiger partial charge in [-0.25, -0.2) is 13.2 Å². The molecule has 0 atom stereocenters. The third-order valence-electron chi connectivity index (χ3n) is 4.49. The molecule has 31 heavy (non-hydrogen) atoms. The highest BCUT2D eigenvalue weighted by molar-refractivity contribution is 6.31. The number of benzene rings is 2. The van der Waals surface area contributed by atoms with Crippen molar-refractivity contribution in [3.63, 3.8) is 0 Å². The standard InChI is InChI=1S/C22H13ClF3N3O2/c23-15-4-2-1-3-13(15)9-19(30)28-22-20(12-5-7-27-8-6-12)21(29-31-22)14-10-17(25)18(26)11-16(14)24/h1-8,10-11H,9H2,(H,28,30). The molecule has 0 aliphatic carbocycles. The van der Waals surface area contributed by atoms with Crippen LogP contribution in [0.15, 0.2) is 65.4 Å². The summed E-state index contributed by atoms with van der Waals surface area (Å²) in [5.41, 5.74) is 0.846. The van der Waals surface area contributed by atoms with Gasteiger partial charge in [-0.2, -0.15) is 0 Å². The molecule has 4 rings (SSSR count). The van der Waals surface area contributed by atoms with Gasteiger partial charge >= 0.3 is 0 Å². The number of nitrogens with one attached hydrogen (secondary N) is 1. The average Bonchev–Trinajstić information content (AvgIpc) is 3.16. The minimum Gasteiger partial charge on any atom is -0.337 e. The summed E-state index contributed by atoms with van der Waals surface area (Å²) in [5.74, 6) is -4.15. The number of hydrogen-bond donors (Lipinski definition) is 1. The molecule has 4 aromatic rings. The molecule has 0 bridgehead atoms. The Hall–Kier alpha value is -3.65. The van der Waals surface area contributed by atoms with Crippen LogP contribution in [0.5, 0.6) is 0 Å². The van der Waals surface area contributed by atoms with Crippen LogP contribution in [0, 0.1) is 17.5 Å². The molecular weight excluding hydrogens is 431 g/mol. The number of nitrogens with zero attached hydrogens (tertiary/aromatic N) is 2. The fourth-order valence-corrected chi connectivity index (χ4v) is 3.24. The van der Waals surface area contributed by atoms with Crippen LogP contribution in [0.25, 0.3) is 22.4 Å². The smallest absolute Gasteiger partial charge is 0.239 e. The average molecular weight is 444 g/mol. The molecule has 9 heteroatoms. The van der Waals surface area contributed by atoms with Crippen molar-refractivity contribution in [1.29, 1.82) is 0 Å². The molecule has 5 nitrogen and oxygen atoms in total. The van der Waals surface area contributed by atoms with Crippen LogP contribution in [0.4, 0.5) is 19.1 Å². The Morgan fingerprint density at radius 2 is 1.71 bits per heavy atom. The lowest BCUT2D eigenvalue weighted by atomic mass is 10.0. The van der Waals surface area contributed by atoms with E-state index in [0.29, 0.717) is 28.3 Å². The SMILES string of the molecule is O=C(Cc1ccccc1Cl)Nc1onc(-c2cc(F)c(F)cc2F)c1-c1ccncc1. The van der Waals surface area contributed by atoms with E-state index in [1.54, 1.807) is 36.4 Å². The second-order valence-electron chi connectivity index (χ2n) is 6.53. The Bertz CT molecular complexity index is 1260. The van der Waals surface area contributed by atoms with Gasteiger partial charge in [-0.3, -0.25) is 15.1 Å². The van der Waals surface area contributed by atoms with Crippen molar-refractivity contribution in [2.24, 2.45) is 0 Å². The van der Waals surface area contributed by atoms with E-state index in [0.717, 1.165) is 0 Å². The summed E-state index contributed by atoms with van der Waals surface area (Å²) in [6, 6.07) is 11.1. The van der Waals surface area contributed by atoms with Crippen molar-refractivity contribution in [3.8, 4) is 22.4 Å². The Morgan fingerprint density at radius 3 is 2.45 bits per heavy atom. The van der Waals surface area contributed by atoms with E-state index in [-0.39, 0.29) is 29.1 Å². The van der Waals surface area contributed by atoms with Crippen molar-refractivity contribution in [2.75, 3.05) is 5.32 Å². The Balaban J connectivity index is 1.75. The zero-order valence-electron chi connectivity index (χ0n) is 15.7. The number of pyridine rings is 1. The number of rotatable bonds is 5. The molecule has 2 heterocycles. The zero-order valence-corrected chi connectivity index (χ0v) is 16.5. The molecule has 2 aromatic heterocycles. The number of hydrogen-bond acceptors (Lipinski definition) is 4. The summed E-state index contributed by atoms with van der Waals surface area (Å²) in [7, 11) is 0. The van der Waals surface area contributed by atoms with E-state index in [9.17, 15) is 18.0 Å². The highest BCUT2D eigenvalue weighted by Crippen LogP contribution is 2.39. The highest BCUT2D eigenvalue weighted by atomic mass is 35.5. The molecule has 2 aromatic carbocycles. The Kier molecular flexibility index (Phi) is 5.73. The maximum Gasteiger partial charge on any atom is 0.239 e. The molecule has 0 spiro atoms. The lowest BCUT2D eigenvalue weighted by Crippen LogP contribution is -2.14. The summed E-state index contributed by atoms with van der Waals surface area (Å²) in [4.78, 5) is 16.5. The van der Waals surface area contributed by atoms with Crippen LogP contribution in [0.2, 0.25) is 5.02 Å². The van der Waals surface area contributed by atoms with Crippen molar-refractivity contribution in [2.45, 2.75) is 6.42 Å². The van der Waals surface area contributed by atoms with Gasteiger partial charge in [-0.05, 0) is 35.4 Å². The highest BCUT2D eigenvalue weighted by Gasteiger charge is 2.24. The molecule has 0 unspecified atom stereocenters. The van der Waals surface area contributed by atoms with Gasteiger partial charge in [0.15, 0.2) is 11.6 Å². The lowest BCUT2D eigenvalue weighted by molar-refractivity contribution is -0.115. The van der Waals surface area contributed by atoms with Gasteiger partial charge in [0.1, 0.15) is 11.5 Å². The predicted molar refractivity (Wildman–Crippen MR) is 109 cm³/mol. The third kappa shape index (κ3) is 4.29. The minimum absolute atomic E-state index is 0.0506. The summed E-state index contributed by atoms with van der Waals surface area (Å²) in [5, 5.41) is 6.81. The van der Waals surface area contributed by atoms with Crippen molar-refractivity contribution in [1.82, 2.24) is 10.1 Å². The summed E-state index contributed by atoms with van der Waals surface area (Å²) in [6.07, 6.45) is 2.90. The van der Waals surface area contributed by atoms with Crippen LogP contribution in [-0.2, 0) is 11.2 Å². The van der Waals surface area contributed by atoms with Crippen LogP contribution < -0.4 is 5.32 Å². The van der Waals surface area contributed by atoms with Gasteiger partial charge in [-0.1, -0.05) is 35.0 Å². The predicted octanol–water partition coefficient (Wildman–Crippen LogP) is 5.66. The molecule has 0 radical (unpaired) electrons. The molecule has 0 aliphatic heterocycles. The number of amides is 1. The number of carbonyl (C=O) groups is 1. The molecule has 1 N–H and O–H groups in total. The number of carbonyl (C=O) groups excluding carboxylic acids is 1. The topological polar surface area (TPSA) is 68.0 Å². The van der Waals surface area contributed by atoms with Crippen LogP contribution >= 0.6 is 11.6 Å². The van der Waals surface area contributed by atoms with E-state index in [1.165, 1.54) is 12.4 Å². The number of halogens is 4. The first kappa shape index (κ1) is 20.6. The second kappa shape index (κ2) is 8.61. The Morgan fingerprint density at radius 1 is 1.00 bits per heavy atom. The first-order chi connectivity index (χ1) is 14.9. The fourth-order valence-electron chi connectivity index (χ4n) is 3.04. The van der Waals surface area contributed by atoms with Crippen molar-refractivity contribution in [3.05, 3.63) is 89.0 Å². The first-order valence-electron chi connectivity index (χ1n) is 9.02. The van der Waals surface area contributed by atoms with E-state index in [2.05, 4.69) is 15.5 Å². The minimum atomic E-state index is -1.33. The number of aromatic nitrogens is 2. The van der Waals surface area contributed by atoms with Gasteiger partial charge in [0.2, 0.25) is 11.8 Å². The van der Waals surface area contributed by atoms with E-state index in [1.807, 2.05) is 0 Å². The van der Waals surface area contributed by atoms with Gasteiger partial charge < -0.3 is 4.52 Å².